The molecule has 1 fully saturated rings. The standard InChI is InChI=1S/C18H23F6N5/c1-9(17(19,20)21)25-13-27-12(8-7-11-15(3,4)16(11,5)6)28-14(29-13)26-10(2)18(22,23)24/h9-11H,1-6H3,(H2,25,26,27,28,29)/t9-,10-/m1/s1. The maximum Gasteiger partial charge on any atom is 0.408 e. The topological polar surface area (TPSA) is 62.7 Å². The van der Waals surface area contributed by atoms with Gasteiger partial charge in [0.25, 0.3) is 0 Å². The van der Waals surface area contributed by atoms with Gasteiger partial charge in [0.2, 0.25) is 17.7 Å². The van der Waals surface area contributed by atoms with Crippen LogP contribution in [0, 0.1) is 28.6 Å². The third-order valence-corrected chi connectivity index (χ3v) is 5.66. The average molecular weight is 423 g/mol. The Labute approximate surface area is 165 Å². The summed E-state index contributed by atoms with van der Waals surface area (Å²) in [5, 5.41) is 4.07. The Kier molecular flexibility index (Phi) is 5.73. The van der Waals surface area contributed by atoms with E-state index in [-0.39, 0.29) is 22.6 Å². The van der Waals surface area contributed by atoms with Crippen molar-refractivity contribution in [3.05, 3.63) is 5.82 Å². The van der Waals surface area contributed by atoms with Gasteiger partial charge in [0.1, 0.15) is 12.1 Å². The maximum atomic E-state index is 12.8. The molecule has 0 bridgehead atoms. The number of nitrogens with zero attached hydrogens (tertiary/aromatic N) is 3. The lowest BCUT2D eigenvalue weighted by atomic mass is 10.0. The van der Waals surface area contributed by atoms with Crippen LogP contribution < -0.4 is 10.6 Å². The van der Waals surface area contributed by atoms with Crippen molar-refractivity contribution < 1.29 is 26.3 Å². The molecule has 0 radical (unpaired) electrons. The molecule has 0 unspecified atom stereocenters. The van der Waals surface area contributed by atoms with Crippen LogP contribution in [0.4, 0.5) is 38.2 Å². The maximum absolute atomic E-state index is 12.8. The molecule has 0 aromatic carbocycles. The third-order valence-electron chi connectivity index (χ3n) is 5.66. The minimum Gasteiger partial charge on any atom is -0.343 e. The van der Waals surface area contributed by atoms with Crippen LogP contribution in [0.2, 0.25) is 0 Å². The molecule has 2 atom stereocenters. The zero-order valence-corrected chi connectivity index (χ0v) is 16.8. The van der Waals surface area contributed by atoms with Crippen molar-refractivity contribution in [2.24, 2.45) is 16.7 Å². The molecular weight excluding hydrogens is 400 g/mol. The SMILES string of the molecule is C[C@@H](Nc1nc(C#CC2C(C)(C)C2(C)C)nc(N[C@H](C)C(F)(F)F)n1)C(F)(F)F. The van der Waals surface area contributed by atoms with Gasteiger partial charge >= 0.3 is 12.4 Å². The van der Waals surface area contributed by atoms with Gasteiger partial charge in [-0.15, -0.1) is 0 Å². The zero-order valence-electron chi connectivity index (χ0n) is 16.8. The highest BCUT2D eigenvalue weighted by Crippen LogP contribution is 2.67. The summed E-state index contributed by atoms with van der Waals surface area (Å²) in [4.78, 5) is 11.3. The molecule has 0 aliphatic heterocycles. The molecule has 1 aliphatic rings. The zero-order chi connectivity index (χ0) is 22.4. The van der Waals surface area contributed by atoms with Crippen LogP contribution in [-0.4, -0.2) is 39.4 Å². The minimum absolute atomic E-state index is 0.0113. The third kappa shape index (κ3) is 5.03. The van der Waals surface area contributed by atoms with E-state index >= 15 is 0 Å². The molecule has 2 rings (SSSR count). The first-order valence-electron chi connectivity index (χ1n) is 8.90. The van der Waals surface area contributed by atoms with E-state index in [1.54, 1.807) is 0 Å². The monoisotopic (exact) mass is 423 g/mol. The number of hydrogen-bond acceptors (Lipinski definition) is 5. The fourth-order valence-electron chi connectivity index (χ4n) is 2.81. The first kappa shape index (κ1) is 23.0. The number of alkyl halides is 6. The molecular formula is C18H23F6N5. The fraction of sp³-hybridized carbons (Fsp3) is 0.722. The highest BCUT2D eigenvalue weighted by atomic mass is 19.4. The Morgan fingerprint density at radius 2 is 1.17 bits per heavy atom. The Morgan fingerprint density at radius 3 is 1.48 bits per heavy atom. The lowest BCUT2D eigenvalue weighted by Crippen LogP contribution is -2.35. The average Bonchev–Trinajstić information content (AvgIpc) is 2.91. The van der Waals surface area contributed by atoms with E-state index < -0.39 is 36.3 Å². The van der Waals surface area contributed by atoms with E-state index in [1.165, 1.54) is 0 Å². The first-order valence-corrected chi connectivity index (χ1v) is 8.90. The number of nitrogens with one attached hydrogen (secondary N) is 2. The van der Waals surface area contributed by atoms with E-state index in [0.717, 1.165) is 13.8 Å². The summed E-state index contributed by atoms with van der Waals surface area (Å²) in [6.45, 7) is 9.78. The van der Waals surface area contributed by atoms with Gasteiger partial charge in [0, 0.05) is 5.92 Å². The second-order valence-corrected chi connectivity index (χ2v) is 8.27. The Bertz CT molecular complexity index is 764. The number of aromatic nitrogens is 3. The highest BCUT2D eigenvalue weighted by Gasteiger charge is 2.64. The van der Waals surface area contributed by atoms with Crippen LogP contribution in [0.15, 0.2) is 0 Å². The molecule has 162 valence electrons. The van der Waals surface area contributed by atoms with Crippen molar-refractivity contribution in [2.75, 3.05) is 10.6 Å². The molecule has 1 aliphatic carbocycles. The second-order valence-electron chi connectivity index (χ2n) is 8.27. The van der Waals surface area contributed by atoms with Crippen molar-refractivity contribution in [2.45, 2.75) is 66.0 Å². The summed E-state index contributed by atoms with van der Waals surface area (Å²) in [6, 6.07) is -4.03. The molecule has 2 N–H and O–H groups in total. The van der Waals surface area contributed by atoms with Crippen LogP contribution in [0.5, 0.6) is 0 Å². The van der Waals surface area contributed by atoms with Crippen LogP contribution >= 0.6 is 0 Å². The molecule has 1 saturated carbocycles. The Morgan fingerprint density at radius 1 is 0.793 bits per heavy atom. The van der Waals surface area contributed by atoms with Gasteiger partial charge in [-0.25, -0.2) is 0 Å². The summed E-state index contributed by atoms with van der Waals surface area (Å²) in [5.41, 5.74) is -0.157. The lowest BCUT2D eigenvalue weighted by Gasteiger charge is -2.19. The van der Waals surface area contributed by atoms with Crippen LogP contribution in [-0.2, 0) is 0 Å². The van der Waals surface area contributed by atoms with Gasteiger partial charge < -0.3 is 10.6 Å². The van der Waals surface area contributed by atoms with E-state index in [9.17, 15) is 26.3 Å². The largest absolute Gasteiger partial charge is 0.408 e. The number of hydrogen-bond donors (Lipinski definition) is 2. The van der Waals surface area contributed by atoms with E-state index in [2.05, 4.69) is 26.8 Å². The predicted octanol–water partition coefficient (Wildman–Crippen LogP) is 4.63. The van der Waals surface area contributed by atoms with Crippen molar-refractivity contribution in [3.8, 4) is 11.8 Å². The van der Waals surface area contributed by atoms with Gasteiger partial charge in [-0.05, 0) is 30.6 Å². The summed E-state index contributed by atoms with van der Waals surface area (Å²) >= 11 is 0. The van der Waals surface area contributed by atoms with E-state index in [0.29, 0.717) is 0 Å². The molecule has 1 heterocycles. The quantitative estimate of drug-likeness (QED) is 0.546. The predicted molar refractivity (Wildman–Crippen MR) is 96.0 cm³/mol. The molecule has 11 heteroatoms. The first-order chi connectivity index (χ1) is 13.0. The Balaban J connectivity index is 2.35. The number of anilines is 2. The van der Waals surface area contributed by atoms with Gasteiger partial charge in [0.15, 0.2) is 0 Å². The van der Waals surface area contributed by atoms with Crippen molar-refractivity contribution >= 4 is 11.9 Å². The van der Waals surface area contributed by atoms with Gasteiger partial charge in [0.05, 0.1) is 0 Å². The summed E-state index contributed by atoms with van der Waals surface area (Å²) in [6.07, 6.45) is -9.18. The summed E-state index contributed by atoms with van der Waals surface area (Å²) in [7, 11) is 0. The van der Waals surface area contributed by atoms with Crippen LogP contribution in [0.25, 0.3) is 0 Å². The lowest BCUT2D eigenvalue weighted by molar-refractivity contribution is -0.139. The van der Waals surface area contributed by atoms with Gasteiger partial charge in [-0.2, -0.15) is 41.3 Å². The van der Waals surface area contributed by atoms with Crippen molar-refractivity contribution in [1.82, 2.24) is 15.0 Å². The van der Waals surface area contributed by atoms with Gasteiger partial charge in [-0.1, -0.05) is 33.6 Å². The van der Waals surface area contributed by atoms with Crippen molar-refractivity contribution in [3.63, 3.8) is 0 Å². The molecule has 1 aromatic rings. The smallest absolute Gasteiger partial charge is 0.343 e. The van der Waals surface area contributed by atoms with Crippen molar-refractivity contribution in [1.29, 1.82) is 0 Å². The number of rotatable bonds is 4. The Hall–Kier alpha value is -2.25. The fourth-order valence-corrected chi connectivity index (χ4v) is 2.81. The molecule has 0 saturated heterocycles. The molecule has 5 nitrogen and oxygen atoms in total. The highest BCUT2D eigenvalue weighted by molar-refractivity contribution is 5.41. The number of halogens is 6. The minimum atomic E-state index is -4.59. The summed E-state index contributed by atoms with van der Waals surface area (Å²) < 4.78 is 76.9. The molecule has 1 aromatic heterocycles. The normalized spacial score (nSPS) is 20.3. The molecule has 29 heavy (non-hydrogen) atoms. The van der Waals surface area contributed by atoms with Gasteiger partial charge in [-0.3, -0.25) is 0 Å². The van der Waals surface area contributed by atoms with E-state index in [4.69, 9.17) is 0 Å². The summed E-state index contributed by atoms with van der Waals surface area (Å²) in [5.74, 6) is 4.39. The van der Waals surface area contributed by atoms with Crippen LogP contribution in [0.1, 0.15) is 47.4 Å². The van der Waals surface area contributed by atoms with Crippen LogP contribution in [0.3, 0.4) is 0 Å². The molecule has 0 amide bonds. The van der Waals surface area contributed by atoms with E-state index in [1.807, 2.05) is 38.3 Å². The molecule has 0 spiro atoms. The second kappa shape index (κ2) is 7.22.